The first-order valence-corrected chi connectivity index (χ1v) is 5.23. The third-order valence-electron chi connectivity index (χ3n) is 2.57. The van der Waals surface area contributed by atoms with Gasteiger partial charge >= 0.3 is 5.76 Å². The number of nitrogens with one attached hydrogen (secondary N) is 1. The molecule has 6 nitrogen and oxygen atoms in total. The van der Waals surface area contributed by atoms with E-state index in [0.717, 1.165) is 5.56 Å². The van der Waals surface area contributed by atoms with Crippen molar-refractivity contribution in [2.24, 2.45) is 11.5 Å². The number of benzene rings is 1. The molecule has 1 unspecified atom stereocenters. The minimum absolute atomic E-state index is 0.232. The first-order valence-electron chi connectivity index (χ1n) is 5.23. The van der Waals surface area contributed by atoms with Crippen LogP contribution < -0.4 is 17.2 Å². The standard InChI is InChI=1S/C11H13N3O3/c12-7(2-4-10(13)15)6-1-3-8-9(5-6)17-11(16)14-8/h1,3,5,7H,2,4,12H2,(H2,13,15)(H,14,16). The number of nitrogens with two attached hydrogens (primary N) is 2. The van der Waals surface area contributed by atoms with Crippen molar-refractivity contribution in [1.82, 2.24) is 4.98 Å². The average Bonchev–Trinajstić information content (AvgIpc) is 2.64. The summed E-state index contributed by atoms with van der Waals surface area (Å²) in [7, 11) is 0. The molecule has 0 radical (unpaired) electrons. The van der Waals surface area contributed by atoms with Crippen LogP contribution in [0.15, 0.2) is 27.4 Å². The number of aromatic amines is 1. The Hall–Kier alpha value is -2.08. The van der Waals surface area contributed by atoms with Gasteiger partial charge in [-0.3, -0.25) is 9.78 Å². The first-order chi connectivity index (χ1) is 8.06. The topological polar surface area (TPSA) is 115 Å². The van der Waals surface area contributed by atoms with E-state index in [4.69, 9.17) is 15.9 Å². The number of hydrogen-bond donors (Lipinski definition) is 3. The van der Waals surface area contributed by atoms with Gasteiger partial charge in [-0.05, 0) is 24.1 Å². The predicted molar refractivity (Wildman–Crippen MR) is 62.2 cm³/mol. The van der Waals surface area contributed by atoms with Gasteiger partial charge in [-0.15, -0.1) is 0 Å². The summed E-state index contributed by atoms with van der Waals surface area (Å²) in [5.41, 5.74) is 12.8. The van der Waals surface area contributed by atoms with Crippen molar-refractivity contribution in [2.75, 3.05) is 0 Å². The van der Waals surface area contributed by atoms with Crippen LogP contribution in [-0.2, 0) is 4.79 Å². The lowest BCUT2D eigenvalue weighted by Crippen LogP contribution is -2.16. The number of carbonyl (C=O) groups is 1. The van der Waals surface area contributed by atoms with Gasteiger partial charge in [0.05, 0.1) is 5.52 Å². The van der Waals surface area contributed by atoms with E-state index >= 15 is 0 Å². The van der Waals surface area contributed by atoms with Crippen LogP contribution >= 0.6 is 0 Å². The molecule has 0 aliphatic rings. The van der Waals surface area contributed by atoms with Gasteiger partial charge in [0.25, 0.3) is 0 Å². The quantitative estimate of drug-likeness (QED) is 0.710. The Bertz CT molecular complexity index is 599. The molecule has 0 saturated carbocycles. The normalized spacial score (nSPS) is 12.8. The van der Waals surface area contributed by atoms with Crippen LogP contribution in [0.4, 0.5) is 0 Å². The molecule has 0 fully saturated rings. The van der Waals surface area contributed by atoms with Crippen molar-refractivity contribution in [3.63, 3.8) is 0 Å². The van der Waals surface area contributed by atoms with Gasteiger partial charge in [0.15, 0.2) is 5.58 Å². The molecule has 0 bridgehead atoms. The van der Waals surface area contributed by atoms with Crippen LogP contribution in [0.2, 0.25) is 0 Å². The van der Waals surface area contributed by atoms with Gasteiger partial charge in [0.1, 0.15) is 0 Å². The number of amides is 1. The monoisotopic (exact) mass is 235 g/mol. The molecule has 17 heavy (non-hydrogen) atoms. The van der Waals surface area contributed by atoms with E-state index in [-0.39, 0.29) is 18.4 Å². The van der Waals surface area contributed by atoms with Crippen molar-refractivity contribution in [2.45, 2.75) is 18.9 Å². The number of fused-ring (bicyclic) bond motifs is 1. The van der Waals surface area contributed by atoms with E-state index in [1.54, 1.807) is 18.2 Å². The van der Waals surface area contributed by atoms with Crippen molar-refractivity contribution >= 4 is 17.0 Å². The molecule has 1 aromatic carbocycles. The molecule has 5 N–H and O–H groups in total. The zero-order valence-electron chi connectivity index (χ0n) is 9.10. The van der Waals surface area contributed by atoms with Crippen molar-refractivity contribution in [1.29, 1.82) is 0 Å². The summed E-state index contributed by atoms with van der Waals surface area (Å²) >= 11 is 0. The van der Waals surface area contributed by atoms with Crippen LogP contribution in [0.25, 0.3) is 11.1 Å². The molecular weight excluding hydrogens is 222 g/mol. The number of primary amides is 1. The van der Waals surface area contributed by atoms with Crippen LogP contribution in [0.3, 0.4) is 0 Å². The Balaban J connectivity index is 2.23. The fraction of sp³-hybridized carbons (Fsp3) is 0.273. The molecule has 2 aromatic rings. The van der Waals surface area contributed by atoms with Gasteiger partial charge < -0.3 is 15.9 Å². The lowest BCUT2D eigenvalue weighted by molar-refractivity contribution is -0.118. The SMILES string of the molecule is NC(=O)CCC(N)c1ccc2[nH]c(=O)oc2c1. The van der Waals surface area contributed by atoms with Crippen molar-refractivity contribution in [3.8, 4) is 0 Å². The molecule has 2 rings (SSSR count). The summed E-state index contributed by atoms with van der Waals surface area (Å²) in [6, 6.07) is 4.91. The third-order valence-corrected chi connectivity index (χ3v) is 2.57. The van der Waals surface area contributed by atoms with Gasteiger partial charge in [-0.1, -0.05) is 6.07 Å². The van der Waals surface area contributed by atoms with E-state index in [2.05, 4.69) is 4.98 Å². The Morgan fingerprint density at radius 1 is 1.47 bits per heavy atom. The Morgan fingerprint density at radius 3 is 2.94 bits per heavy atom. The lowest BCUT2D eigenvalue weighted by atomic mass is 10.0. The van der Waals surface area contributed by atoms with Gasteiger partial charge in [-0.2, -0.15) is 0 Å². The number of aromatic nitrogens is 1. The Morgan fingerprint density at radius 2 is 2.24 bits per heavy atom. The van der Waals surface area contributed by atoms with Crippen molar-refractivity contribution in [3.05, 3.63) is 34.3 Å². The van der Waals surface area contributed by atoms with E-state index in [1.165, 1.54) is 0 Å². The average molecular weight is 235 g/mol. The summed E-state index contributed by atoms with van der Waals surface area (Å²) < 4.78 is 4.93. The summed E-state index contributed by atoms with van der Waals surface area (Å²) in [6.45, 7) is 0. The molecular formula is C11H13N3O3. The molecule has 90 valence electrons. The summed E-state index contributed by atoms with van der Waals surface area (Å²) in [4.78, 5) is 24.2. The molecule has 1 atom stereocenters. The van der Waals surface area contributed by atoms with Crippen LogP contribution in [0.1, 0.15) is 24.4 Å². The minimum Gasteiger partial charge on any atom is -0.408 e. The number of oxazole rings is 1. The van der Waals surface area contributed by atoms with Gasteiger partial charge in [0.2, 0.25) is 5.91 Å². The smallest absolute Gasteiger partial charge is 0.408 e. The largest absolute Gasteiger partial charge is 0.417 e. The highest BCUT2D eigenvalue weighted by Crippen LogP contribution is 2.20. The van der Waals surface area contributed by atoms with Gasteiger partial charge in [-0.25, -0.2) is 4.79 Å². The maximum atomic E-state index is 11.0. The third kappa shape index (κ3) is 2.54. The van der Waals surface area contributed by atoms with Crippen LogP contribution in [0, 0.1) is 0 Å². The molecule has 1 amide bonds. The number of hydrogen-bond acceptors (Lipinski definition) is 4. The maximum absolute atomic E-state index is 11.0. The Kier molecular flexibility index (Phi) is 2.97. The van der Waals surface area contributed by atoms with Gasteiger partial charge in [0, 0.05) is 12.5 Å². The second-order valence-electron chi connectivity index (χ2n) is 3.88. The minimum atomic E-state index is -0.497. The van der Waals surface area contributed by atoms with Crippen LogP contribution in [0.5, 0.6) is 0 Å². The fourth-order valence-electron chi connectivity index (χ4n) is 1.66. The highest BCUT2D eigenvalue weighted by molar-refractivity contribution is 5.74. The maximum Gasteiger partial charge on any atom is 0.417 e. The highest BCUT2D eigenvalue weighted by atomic mass is 16.4. The molecule has 6 heteroatoms. The Labute approximate surface area is 96.6 Å². The second kappa shape index (κ2) is 4.42. The van der Waals surface area contributed by atoms with E-state index in [1.807, 2.05) is 0 Å². The molecule has 1 aromatic heterocycles. The second-order valence-corrected chi connectivity index (χ2v) is 3.88. The molecule has 0 spiro atoms. The van der Waals surface area contributed by atoms with E-state index < -0.39 is 5.76 Å². The number of carbonyl (C=O) groups excluding carboxylic acids is 1. The van der Waals surface area contributed by atoms with Crippen molar-refractivity contribution < 1.29 is 9.21 Å². The van der Waals surface area contributed by atoms with E-state index in [9.17, 15) is 9.59 Å². The molecule has 0 aliphatic heterocycles. The highest BCUT2D eigenvalue weighted by Gasteiger charge is 2.10. The predicted octanol–water partition coefficient (Wildman–Crippen LogP) is 0.386. The first kappa shape index (κ1) is 11.4. The molecule has 1 heterocycles. The zero-order valence-corrected chi connectivity index (χ0v) is 9.10. The summed E-state index contributed by atoms with van der Waals surface area (Å²) in [5.74, 6) is -0.877. The van der Waals surface area contributed by atoms with Crippen LogP contribution in [-0.4, -0.2) is 10.9 Å². The lowest BCUT2D eigenvalue weighted by Gasteiger charge is -2.10. The molecule has 0 saturated heterocycles. The zero-order chi connectivity index (χ0) is 12.4. The summed E-state index contributed by atoms with van der Waals surface area (Å²) in [6.07, 6.45) is 0.700. The number of H-pyrrole nitrogens is 1. The summed E-state index contributed by atoms with van der Waals surface area (Å²) in [5, 5.41) is 0. The molecule has 0 aliphatic carbocycles. The fourth-order valence-corrected chi connectivity index (χ4v) is 1.66. The van der Waals surface area contributed by atoms with E-state index in [0.29, 0.717) is 17.5 Å². The number of rotatable bonds is 4.